The molecule has 2 heteroatoms. The van der Waals surface area contributed by atoms with Crippen LogP contribution in [0.15, 0.2) is 42.5 Å². The van der Waals surface area contributed by atoms with Crippen molar-refractivity contribution in [3.8, 4) is 0 Å². The Labute approximate surface area is 120 Å². The molecular formula is C18H22N2. The Balaban J connectivity index is 2.26. The Bertz CT molecular complexity index is 760. The van der Waals surface area contributed by atoms with E-state index < -0.39 is 0 Å². The summed E-state index contributed by atoms with van der Waals surface area (Å²) >= 11 is 0. The highest BCUT2D eigenvalue weighted by molar-refractivity contribution is 6.08. The van der Waals surface area contributed by atoms with Crippen molar-refractivity contribution >= 4 is 21.8 Å². The van der Waals surface area contributed by atoms with Crippen LogP contribution >= 0.6 is 0 Å². The van der Waals surface area contributed by atoms with Gasteiger partial charge >= 0.3 is 0 Å². The summed E-state index contributed by atoms with van der Waals surface area (Å²) in [7, 11) is 0. The van der Waals surface area contributed by atoms with Gasteiger partial charge < -0.3 is 10.3 Å². The average Bonchev–Trinajstić information content (AvgIpc) is 2.70. The Morgan fingerprint density at radius 1 is 1.00 bits per heavy atom. The van der Waals surface area contributed by atoms with Gasteiger partial charge in [-0.15, -0.1) is 0 Å². The van der Waals surface area contributed by atoms with Crippen molar-refractivity contribution in [1.82, 2.24) is 4.57 Å². The number of para-hydroxylation sites is 1. The maximum atomic E-state index is 6.15. The van der Waals surface area contributed by atoms with Crippen LogP contribution in [0, 0.1) is 0 Å². The van der Waals surface area contributed by atoms with E-state index in [0.717, 1.165) is 13.0 Å². The number of hydrogen-bond donors (Lipinski definition) is 1. The highest BCUT2D eigenvalue weighted by Crippen LogP contribution is 2.30. The number of nitrogens with zero attached hydrogens (tertiary/aromatic N) is 1. The van der Waals surface area contributed by atoms with Crippen LogP contribution in [-0.2, 0) is 13.0 Å². The van der Waals surface area contributed by atoms with Crippen molar-refractivity contribution in [3.63, 3.8) is 0 Å². The molecular weight excluding hydrogens is 244 g/mol. The van der Waals surface area contributed by atoms with Crippen molar-refractivity contribution in [2.45, 2.75) is 39.3 Å². The smallest absolute Gasteiger partial charge is 0.0491 e. The topological polar surface area (TPSA) is 30.9 Å². The molecule has 0 unspecified atom stereocenters. The molecule has 0 aliphatic heterocycles. The third-order valence-corrected chi connectivity index (χ3v) is 3.81. The number of nitrogens with two attached hydrogens (primary N) is 1. The van der Waals surface area contributed by atoms with Crippen molar-refractivity contribution < 1.29 is 0 Å². The normalized spacial score (nSPS) is 12.4. The van der Waals surface area contributed by atoms with Crippen molar-refractivity contribution in [2.24, 2.45) is 5.73 Å². The third-order valence-electron chi connectivity index (χ3n) is 3.81. The summed E-state index contributed by atoms with van der Waals surface area (Å²) in [5.74, 6) is 0. The number of fused-ring (bicyclic) bond motifs is 3. The van der Waals surface area contributed by atoms with Crippen molar-refractivity contribution in [2.75, 3.05) is 0 Å². The van der Waals surface area contributed by atoms with Crippen LogP contribution in [0.4, 0.5) is 0 Å². The van der Waals surface area contributed by atoms with E-state index in [4.69, 9.17) is 5.73 Å². The minimum atomic E-state index is -0.170. The zero-order chi connectivity index (χ0) is 14.3. The van der Waals surface area contributed by atoms with Gasteiger partial charge in [0, 0.05) is 33.9 Å². The number of aromatic nitrogens is 1. The molecule has 3 aromatic rings. The SMILES string of the molecule is CCn1c2ccccc2c2cc(CC(C)(C)N)ccc21. The Morgan fingerprint density at radius 2 is 1.70 bits per heavy atom. The summed E-state index contributed by atoms with van der Waals surface area (Å²) in [6.45, 7) is 7.34. The number of hydrogen-bond acceptors (Lipinski definition) is 1. The molecule has 2 aromatic carbocycles. The molecule has 2 N–H and O–H groups in total. The second-order valence-corrected chi connectivity index (χ2v) is 6.28. The van der Waals surface area contributed by atoms with E-state index in [1.165, 1.54) is 27.4 Å². The first kappa shape index (κ1) is 13.2. The van der Waals surface area contributed by atoms with Gasteiger partial charge in [-0.3, -0.25) is 0 Å². The summed E-state index contributed by atoms with van der Waals surface area (Å²) in [5.41, 5.74) is 9.92. The van der Waals surface area contributed by atoms with Gasteiger partial charge in [-0.25, -0.2) is 0 Å². The lowest BCUT2D eigenvalue weighted by atomic mass is 9.95. The zero-order valence-corrected chi connectivity index (χ0v) is 12.5. The summed E-state index contributed by atoms with van der Waals surface area (Å²) in [5, 5.41) is 2.67. The van der Waals surface area contributed by atoms with Gasteiger partial charge in [0.2, 0.25) is 0 Å². The standard InChI is InChI=1S/C18H22N2/c1-4-20-16-8-6-5-7-14(16)15-11-13(9-10-17(15)20)12-18(2,3)19/h5-11H,4,12,19H2,1-3H3. The lowest BCUT2D eigenvalue weighted by Gasteiger charge is -2.18. The quantitative estimate of drug-likeness (QED) is 0.760. The minimum absolute atomic E-state index is 0.170. The fourth-order valence-corrected chi connectivity index (χ4v) is 3.08. The fourth-order valence-electron chi connectivity index (χ4n) is 3.08. The van der Waals surface area contributed by atoms with Crippen molar-refractivity contribution in [3.05, 3.63) is 48.0 Å². The molecule has 0 bridgehead atoms. The predicted molar refractivity (Wildman–Crippen MR) is 87.1 cm³/mol. The lowest BCUT2D eigenvalue weighted by Crippen LogP contribution is -2.34. The first-order valence-corrected chi connectivity index (χ1v) is 7.28. The van der Waals surface area contributed by atoms with Gasteiger partial charge in [0.1, 0.15) is 0 Å². The molecule has 0 aliphatic rings. The molecule has 0 saturated carbocycles. The second-order valence-electron chi connectivity index (χ2n) is 6.28. The van der Waals surface area contributed by atoms with Gasteiger partial charge in [0.25, 0.3) is 0 Å². The molecule has 2 nitrogen and oxygen atoms in total. The first-order chi connectivity index (χ1) is 9.49. The maximum absolute atomic E-state index is 6.15. The monoisotopic (exact) mass is 266 g/mol. The van der Waals surface area contributed by atoms with E-state index in [1.54, 1.807) is 0 Å². The van der Waals surface area contributed by atoms with Crippen LogP contribution in [0.5, 0.6) is 0 Å². The van der Waals surface area contributed by atoms with Crippen LogP contribution in [0.25, 0.3) is 21.8 Å². The van der Waals surface area contributed by atoms with Gasteiger partial charge in [0.05, 0.1) is 0 Å². The van der Waals surface area contributed by atoms with E-state index in [-0.39, 0.29) is 5.54 Å². The van der Waals surface area contributed by atoms with Gasteiger partial charge in [-0.05, 0) is 51.0 Å². The van der Waals surface area contributed by atoms with Crippen LogP contribution in [-0.4, -0.2) is 10.1 Å². The van der Waals surface area contributed by atoms with E-state index in [2.05, 4.69) is 67.8 Å². The molecule has 0 atom stereocenters. The van der Waals surface area contributed by atoms with Crippen LogP contribution in [0.1, 0.15) is 26.3 Å². The molecule has 3 rings (SSSR count). The molecule has 0 amide bonds. The lowest BCUT2D eigenvalue weighted by molar-refractivity contribution is 0.517. The van der Waals surface area contributed by atoms with Gasteiger partial charge in [-0.2, -0.15) is 0 Å². The van der Waals surface area contributed by atoms with Gasteiger partial charge in [0.15, 0.2) is 0 Å². The Hall–Kier alpha value is -1.80. The Kier molecular flexibility index (Phi) is 3.06. The summed E-state index contributed by atoms with van der Waals surface area (Å²) in [4.78, 5) is 0. The van der Waals surface area contributed by atoms with E-state index in [0.29, 0.717) is 0 Å². The first-order valence-electron chi connectivity index (χ1n) is 7.28. The average molecular weight is 266 g/mol. The van der Waals surface area contributed by atoms with Crippen LogP contribution in [0.3, 0.4) is 0 Å². The minimum Gasteiger partial charge on any atom is -0.341 e. The predicted octanol–water partition coefficient (Wildman–Crippen LogP) is 4.09. The number of rotatable bonds is 3. The molecule has 0 aliphatic carbocycles. The molecule has 0 saturated heterocycles. The molecule has 1 aromatic heterocycles. The van der Waals surface area contributed by atoms with E-state index in [1.807, 2.05) is 0 Å². The van der Waals surface area contributed by atoms with E-state index >= 15 is 0 Å². The van der Waals surface area contributed by atoms with Crippen molar-refractivity contribution in [1.29, 1.82) is 0 Å². The molecule has 0 radical (unpaired) electrons. The van der Waals surface area contributed by atoms with Crippen LogP contribution in [0.2, 0.25) is 0 Å². The summed E-state index contributed by atoms with van der Waals surface area (Å²) in [6.07, 6.45) is 0.897. The highest BCUT2D eigenvalue weighted by atomic mass is 15.0. The molecule has 1 heterocycles. The summed E-state index contributed by atoms with van der Waals surface area (Å²) < 4.78 is 2.38. The summed E-state index contributed by atoms with van der Waals surface area (Å²) in [6, 6.07) is 15.4. The molecule has 0 fully saturated rings. The second kappa shape index (κ2) is 4.64. The third kappa shape index (κ3) is 2.20. The fraction of sp³-hybridized carbons (Fsp3) is 0.333. The van der Waals surface area contributed by atoms with E-state index in [9.17, 15) is 0 Å². The molecule has 20 heavy (non-hydrogen) atoms. The number of benzene rings is 2. The van der Waals surface area contributed by atoms with Gasteiger partial charge in [-0.1, -0.05) is 24.3 Å². The van der Waals surface area contributed by atoms with Crippen LogP contribution < -0.4 is 5.73 Å². The number of aryl methyl sites for hydroxylation is 1. The largest absolute Gasteiger partial charge is 0.341 e. The molecule has 104 valence electrons. The zero-order valence-electron chi connectivity index (χ0n) is 12.5. The molecule has 0 spiro atoms. The Morgan fingerprint density at radius 3 is 2.40 bits per heavy atom. The highest BCUT2D eigenvalue weighted by Gasteiger charge is 2.14. The maximum Gasteiger partial charge on any atom is 0.0491 e.